The summed E-state index contributed by atoms with van der Waals surface area (Å²) in [5.41, 5.74) is 0.980. The van der Waals surface area contributed by atoms with Gasteiger partial charge in [-0.15, -0.1) is 10.2 Å². The van der Waals surface area contributed by atoms with E-state index in [-0.39, 0.29) is 24.5 Å². The van der Waals surface area contributed by atoms with Crippen LogP contribution in [0.25, 0.3) is 0 Å². The van der Waals surface area contributed by atoms with Crippen LogP contribution in [0.15, 0.2) is 36.7 Å². The lowest BCUT2D eigenvalue weighted by atomic mass is 10.1. The molecular weight excluding hydrogens is 334 g/mol. The van der Waals surface area contributed by atoms with E-state index in [1.807, 2.05) is 48.7 Å². The summed E-state index contributed by atoms with van der Waals surface area (Å²) in [5.74, 6) is 0.392. The lowest BCUT2D eigenvalue weighted by Gasteiger charge is -2.38. The maximum Gasteiger partial charge on any atom is 0.249 e. The molecule has 1 aliphatic heterocycles. The van der Waals surface area contributed by atoms with Gasteiger partial charge in [0.15, 0.2) is 0 Å². The Morgan fingerprint density at radius 3 is 2.81 bits per heavy atom. The second-order valence-corrected chi connectivity index (χ2v) is 6.33. The normalized spacial score (nSPS) is 20.2. The number of aryl methyl sites for hydroxylation is 1. The van der Waals surface area contributed by atoms with Crippen molar-refractivity contribution in [3.05, 3.63) is 48.0 Å². The highest BCUT2D eigenvalue weighted by molar-refractivity contribution is 5.89. The van der Waals surface area contributed by atoms with Gasteiger partial charge in [0.2, 0.25) is 11.8 Å². The zero-order valence-corrected chi connectivity index (χ0v) is 15.0. The molecular formula is C18H23N5O3. The number of benzene rings is 1. The molecule has 8 nitrogen and oxygen atoms in total. The van der Waals surface area contributed by atoms with Crippen LogP contribution in [-0.4, -0.2) is 56.8 Å². The average Bonchev–Trinajstić information content (AvgIpc) is 3.04. The van der Waals surface area contributed by atoms with E-state index in [0.717, 1.165) is 11.4 Å². The largest absolute Gasteiger partial charge is 0.366 e. The summed E-state index contributed by atoms with van der Waals surface area (Å²) < 4.78 is 7.34. The summed E-state index contributed by atoms with van der Waals surface area (Å²) in [7, 11) is 0. The van der Waals surface area contributed by atoms with Crippen LogP contribution in [0.5, 0.6) is 0 Å². The molecule has 1 N–H and O–H groups in total. The second kappa shape index (κ2) is 8.09. The van der Waals surface area contributed by atoms with Crippen molar-refractivity contribution >= 4 is 11.8 Å². The molecule has 0 aliphatic carbocycles. The maximum atomic E-state index is 12.7. The Morgan fingerprint density at radius 1 is 1.35 bits per heavy atom. The van der Waals surface area contributed by atoms with Crippen LogP contribution >= 0.6 is 0 Å². The summed E-state index contributed by atoms with van der Waals surface area (Å²) in [6, 6.07) is 8.98. The van der Waals surface area contributed by atoms with E-state index >= 15 is 0 Å². The Balaban J connectivity index is 1.65. The quantitative estimate of drug-likeness (QED) is 0.814. The van der Waals surface area contributed by atoms with Gasteiger partial charge >= 0.3 is 0 Å². The smallest absolute Gasteiger partial charge is 0.249 e. The van der Waals surface area contributed by atoms with Gasteiger partial charge in [0, 0.05) is 19.6 Å². The van der Waals surface area contributed by atoms with Gasteiger partial charge in [0.1, 0.15) is 24.8 Å². The average molecular weight is 357 g/mol. The number of carbonyl (C=O) groups is 2. The number of hydrogen-bond donors (Lipinski definition) is 1. The van der Waals surface area contributed by atoms with Crippen molar-refractivity contribution in [3.63, 3.8) is 0 Å². The first kappa shape index (κ1) is 18.1. The second-order valence-electron chi connectivity index (χ2n) is 6.33. The fourth-order valence-electron chi connectivity index (χ4n) is 3.04. The summed E-state index contributed by atoms with van der Waals surface area (Å²) in [6.45, 7) is 5.05. The van der Waals surface area contributed by atoms with E-state index in [2.05, 4.69) is 15.5 Å². The van der Waals surface area contributed by atoms with Crippen LogP contribution in [0.2, 0.25) is 0 Å². The number of carbonyl (C=O) groups excluding carboxylic acids is 2. The topological polar surface area (TPSA) is 89.4 Å². The van der Waals surface area contributed by atoms with Crippen LogP contribution in [0, 0.1) is 6.92 Å². The van der Waals surface area contributed by atoms with Crippen LogP contribution < -0.4 is 5.32 Å². The summed E-state index contributed by atoms with van der Waals surface area (Å²) in [5, 5.41) is 10.6. The van der Waals surface area contributed by atoms with Gasteiger partial charge in [-0.05, 0) is 19.4 Å². The van der Waals surface area contributed by atoms with Crippen LogP contribution in [0.1, 0.15) is 18.3 Å². The molecule has 8 heteroatoms. The lowest BCUT2D eigenvalue weighted by molar-refractivity contribution is -0.163. The molecule has 0 bridgehead atoms. The third-order valence-corrected chi connectivity index (χ3v) is 4.50. The molecule has 138 valence electrons. The monoisotopic (exact) mass is 357 g/mol. The number of aromatic nitrogens is 3. The number of amides is 2. The number of ether oxygens (including phenoxy) is 1. The summed E-state index contributed by atoms with van der Waals surface area (Å²) in [6.07, 6.45) is 1.26. The van der Waals surface area contributed by atoms with Crippen molar-refractivity contribution in [2.75, 3.05) is 13.2 Å². The Morgan fingerprint density at radius 2 is 2.12 bits per heavy atom. The minimum Gasteiger partial charge on any atom is -0.366 e. The number of nitrogens with zero attached hydrogens (tertiary/aromatic N) is 4. The van der Waals surface area contributed by atoms with Crippen molar-refractivity contribution < 1.29 is 14.3 Å². The van der Waals surface area contributed by atoms with Gasteiger partial charge < -0.3 is 19.5 Å². The molecule has 0 unspecified atom stereocenters. The highest BCUT2D eigenvalue weighted by Crippen LogP contribution is 2.18. The predicted molar refractivity (Wildman–Crippen MR) is 94.0 cm³/mol. The van der Waals surface area contributed by atoms with Crippen LogP contribution in [-0.2, 0) is 27.4 Å². The Hall–Kier alpha value is -2.74. The van der Waals surface area contributed by atoms with Gasteiger partial charge in [0.05, 0.1) is 6.10 Å². The predicted octanol–water partition coefficient (Wildman–Crippen LogP) is 0.519. The molecule has 1 aromatic carbocycles. The third-order valence-electron chi connectivity index (χ3n) is 4.50. The van der Waals surface area contributed by atoms with Gasteiger partial charge in [-0.1, -0.05) is 30.3 Å². The molecule has 0 spiro atoms. The molecule has 2 amide bonds. The first-order chi connectivity index (χ1) is 12.6. The Labute approximate surface area is 152 Å². The van der Waals surface area contributed by atoms with E-state index in [1.165, 1.54) is 0 Å². The van der Waals surface area contributed by atoms with Gasteiger partial charge in [-0.3, -0.25) is 9.59 Å². The minimum absolute atomic E-state index is 0.00230. The van der Waals surface area contributed by atoms with Crippen molar-refractivity contribution in [3.8, 4) is 0 Å². The lowest BCUT2D eigenvalue weighted by Crippen LogP contribution is -2.59. The zero-order valence-electron chi connectivity index (χ0n) is 15.0. The van der Waals surface area contributed by atoms with Crippen molar-refractivity contribution in [2.45, 2.75) is 39.1 Å². The number of morpholine rings is 1. The first-order valence-corrected chi connectivity index (χ1v) is 8.63. The molecule has 2 atom stereocenters. The highest BCUT2D eigenvalue weighted by Gasteiger charge is 2.39. The maximum absolute atomic E-state index is 12.7. The SMILES string of the molecule is Cc1nncn1CCNC(=O)[C@@H]1[C@@H](C)OCC(=O)N1Cc1ccccc1. The fraction of sp³-hybridized carbons (Fsp3) is 0.444. The van der Waals surface area contributed by atoms with Crippen molar-refractivity contribution in [1.82, 2.24) is 25.0 Å². The van der Waals surface area contributed by atoms with Crippen molar-refractivity contribution in [1.29, 1.82) is 0 Å². The van der Waals surface area contributed by atoms with Crippen molar-refractivity contribution in [2.24, 2.45) is 0 Å². The number of rotatable bonds is 6. The first-order valence-electron chi connectivity index (χ1n) is 8.63. The summed E-state index contributed by atoms with van der Waals surface area (Å²) in [4.78, 5) is 26.7. The van der Waals surface area contributed by atoms with Crippen LogP contribution in [0.4, 0.5) is 0 Å². The van der Waals surface area contributed by atoms with E-state index in [0.29, 0.717) is 19.6 Å². The fourth-order valence-corrected chi connectivity index (χ4v) is 3.04. The molecule has 1 aliphatic rings. The molecule has 0 radical (unpaired) electrons. The molecule has 1 fully saturated rings. The van der Waals surface area contributed by atoms with E-state index < -0.39 is 6.04 Å². The Bertz CT molecular complexity index is 761. The van der Waals surface area contributed by atoms with Gasteiger partial charge in [-0.2, -0.15) is 0 Å². The molecule has 1 aromatic heterocycles. The van der Waals surface area contributed by atoms with Gasteiger partial charge in [0.25, 0.3) is 0 Å². The third kappa shape index (κ3) is 4.08. The van der Waals surface area contributed by atoms with E-state index in [1.54, 1.807) is 11.2 Å². The number of hydrogen-bond acceptors (Lipinski definition) is 5. The molecule has 26 heavy (non-hydrogen) atoms. The van der Waals surface area contributed by atoms with Gasteiger partial charge in [-0.25, -0.2) is 0 Å². The standard InChI is InChI=1S/C18H23N5O3/c1-13-17(18(25)19-8-9-22-12-20-21-14(22)2)23(16(24)11-26-13)10-15-6-4-3-5-7-15/h3-7,12-13,17H,8-11H2,1-2H3,(H,19,25)/t13-,17+/m1/s1. The molecule has 1 saturated heterocycles. The molecule has 2 heterocycles. The van der Waals surface area contributed by atoms with E-state index in [9.17, 15) is 9.59 Å². The molecule has 2 aromatic rings. The minimum atomic E-state index is -0.654. The molecule has 3 rings (SSSR count). The highest BCUT2D eigenvalue weighted by atomic mass is 16.5. The molecule has 0 saturated carbocycles. The number of nitrogens with one attached hydrogen (secondary N) is 1. The van der Waals surface area contributed by atoms with Crippen LogP contribution in [0.3, 0.4) is 0 Å². The zero-order chi connectivity index (χ0) is 18.5. The summed E-state index contributed by atoms with van der Waals surface area (Å²) >= 11 is 0. The van der Waals surface area contributed by atoms with E-state index in [4.69, 9.17) is 4.74 Å². The Kier molecular flexibility index (Phi) is 5.62.